The maximum absolute atomic E-state index is 11.7. The molecule has 0 radical (unpaired) electrons. The third-order valence-electron chi connectivity index (χ3n) is 2.28. The smallest absolute Gasteiger partial charge is 0.238 e. The normalized spacial score (nSPS) is 12.1. The van der Waals surface area contributed by atoms with Gasteiger partial charge in [0.15, 0.2) is 17.8 Å². The molecule has 21 heavy (non-hydrogen) atoms. The van der Waals surface area contributed by atoms with Crippen molar-refractivity contribution in [1.82, 2.24) is 0 Å². The second-order valence-electron chi connectivity index (χ2n) is 3.57. The van der Waals surface area contributed by atoms with Gasteiger partial charge < -0.3 is 24.8 Å². The van der Waals surface area contributed by atoms with E-state index in [0.717, 1.165) is 12.2 Å². The quantitative estimate of drug-likeness (QED) is 0.360. The second-order valence-corrected chi connectivity index (χ2v) is 3.57. The van der Waals surface area contributed by atoms with Gasteiger partial charge >= 0.3 is 0 Å². The summed E-state index contributed by atoms with van der Waals surface area (Å²) in [4.78, 5) is 33.6. The van der Waals surface area contributed by atoms with Crippen LogP contribution < -0.4 is 5.43 Å². The molecule has 0 bridgehead atoms. The Labute approximate surface area is 117 Å². The van der Waals surface area contributed by atoms with E-state index in [1.165, 1.54) is 0 Å². The van der Waals surface area contributed by atoms with Crippen molar-refractivity contribution in [2.24, 2.45) is 0 Å². The largest absolute Gasteiger partial charge is 0.515 e. The highest BCUT2D eigenvalue weighted by Crippen LogP contribution is 2.19. The zero-order valence-corrected chi connectivity index (χ0v) is 10.4. The molecule has 4 N–H and O–H groups in total. The number of aromatic hydroxyl groups is 1. The first-order valence-electron chi connectivity index (χ1n) is 5.38. The molecule has 1 rings (SSSR count). The van der Waals surface area contributed by atoms with Gasteiger partial charge in [-0.1, -0.05) is 0 Å². The summed E-state index contributed by atoms with van der Waals surface area (Å²) in [5.41, 5.74) is -1.57. The van der Waals surface area contributed by atoms with Gasteiger partial charge in [-0.05, 0) is 12.2 Å². The summed E-state index contributed by atoms with van der Waals surface area (Å²) >= 11 is 0. The van der Waals surface area contributed by atoms with Gasteiger partial charge in [-0.2, -0.15) is 0 Å². The minimum Gasteiger partial charge on any atom is -0.515 e. The molecule has 0 atom stereocenters. The molecule has 1 heterocycles. The molecule has 0 amide bonds. The molecule has 8 heteroatoms. The molecule has 0 aliphatic heterocycles. The Morgan fingerprint density at radius 2 is 1.81 bits per heavy atom. The number of carbonyl (C=O) groups excluding carboxylic acids is 2. The lowest BCUT2D eigenvalue weighted by Gasteiger charge is -2.02. The fourth-order valence-electron chi connectivity index (χ4n) is 1.29. The number of hydrogen-bond acceptors (Lipinski definition) is 8. The molecule has 0 aliphatic rings. The van der Waals surface area contributed by atoms with Gasteiger partial charge in [-0.15, -0.1) is 0 Å². The van der Waals surface area contributed by atoms with Crippen molar-refractivity contribution in [1.29, 1.82) is 0 Å². The molecule has 8 nitrogen and oxygen atoms in total. The number of hydrogen-bond donors (Lipinski definition) is 4. The molecule has 0 unspecified atom stereocenters. The Hall–Kier alpha value is -3.29. The van der Waals surface area contributed by atoms with Crippen LogP contribution in [0.1, 0.15) is 21.9 Å². The van der Waals surface area contributed by atoms with E-state index in [4.69, 9.17) is 19.7 Å². The molecule has 1 aromatic rings. The van der Waals surface area contributed by atoms with Crippen LogP contribution >= 0.6 is 0 Å². The molecule has 0 spiro atoms. The summed E-state index contributed by atoms with van der Waals surface area (Å²) in [6.07, 6.45) is 3.28. The molecule has 0 saturated carbocycles. The van der Waals surface area contributed by atoms with Crippen molar-refractivity contribution in [2.45, 2.75) is 0 Å². The first-order chi connectivity index (χ1) is 9.96. The van der Waals surface area contributed by atoms with E-state index in [0.29, 0.717) is 12.3 Å². The number of aliphatic hydroxyl groups excluding tert-OH is 3. The Kier molecular flexibility index (Phi) is 5.07. The van der Waals surface area contributed by atoms with Crippen LogP contribution in [0, 0.1) is 0 Å². The average Bonchev–Trinajstić information content (AvgIpc) is 2.48. The Morgan fingerprint density at radius 3 is 2.33 bits per heavy atom. The van der Waals surface area contributed by atoms with E-state index in [9.17, 15) is 19.5 Å². The standard InChI is InChI=1S/C13H10O8/c14-4-3-10-7(5-15)12(19)13(20)11(21-10)2-1-8(17)9(18)6-16/h1-6,14,16,18,20H/b2-1+,4-3+,9-6?. The van der Waals surface area contributed by atoms with Gasteiger partial charge in [0, 0.05) is 6.08 Å². The number of aldehydes is 1. The highest BCUT2D eigenvalue weighted by Gasteiger charge is 2.16. The van der Waals surface area contributed by atoms with Crippen LogP contribution in [0.4, 0.5) is 0 Å². The summed E-state index contributed by atoms with van der Waals surface area (Å²) < 4.78 is 4.98. The van der Waals surface area contributed by atoms with E-state index >= 15 is 0 Å². The summed E-state index contributed by atoms with van der Waals surface area (Å²) in [6, 6.07) is 0. The molecule has 1 aromatic heterocycles. The lowest BCUT2D eigenvalue weighted by atomic mass is 10.2. The van der Waals surface area contributed by atoms with Crippen LogP contribution in [-0.4, -0.2) is 32.5 Å². The molecular weight excluding hydrogens is 284 g/mol. The van der Waals surface area contributed by atoms with Gasteiger partial charge in [0.25, 0.3) is 0 Å². The first kappa shape index (κ1) is 15.8. The Balaban J connectivity index is 3.39. The van der Waals surface area contributed by atoms with Crippen molar-refractivity contribution in [3.63, 3.8) is 0 Å². The lowest BCUT2D eigenvalue weighted by molar-refractivity contribution is -0.113. The summed E-state index contributed by atoms with van der Waals surface area (Å²) in [6.45, 7) is 0. The molecular formula is C13H10O8. The van der Waals surface area contributed by atoms with Crippen molar-refractivity contribution < 1.29 is 34.4 Å². The average molecular weight is 294 g/mol. The zero-order chi connectivity index (χ0) is 16.0. The topological polar surface area (TPSA) is 145 Å². The minimum atomic E-state index is -1.06. The SMILES string of the molecule is O=Cc1c(/C=C/O)oc(/C=C/C(=O)C(O)=CO)c(O)c1=O. The zero-order valence-electron chi connectivity index (χ0n) is 10.4. The summed E-state index contributed by atoms with van der Waals surface area (Å²) in [7, 11) is 0. The van der Waals surface area contributed by atoms with Gasteiger partial charge in [0.05, 0.1) is 6.26 Å². The highest BCUT2D eigenvalue weighted by molar-refractivity contribution is 6.04. The van der Waals surface area contributed by atoms with Crippen LogP contribution in [0.3, 0.4) is 0 Å². The fourth-order valence-corrected chi connectivity index (χ4v) is 1.29. The van der Waals surface area contributed by atoms with Gasteiger partial charge in [0.2, 0.25) is 17.0 Å². The third-order valence-corrected chi connectivity index (χ3v) is 2.28. The van der Waals surface area contributed by atoms with Crippen molar-refractivity contribution in [3.05, 3.63) is 51.7 Å². The summed E-state index contributed by atoms with van der Waals surface area (Å²) in [5.74, 6) is -3.71. The third kappa shape index (κ3) is 3.38. The first-order valence-corrected chi connectivity index (χ1v) is 5.38. The Bertz CT molecular complexity index is 706. The van der Waals surface area contributed by atoms with Gasteiger partial charge in [-0.3, -0.25) is 14.4 Å². The molecule has 0 aliphatic carbocycles. The highest BCUT2D eigenvalue weighted by atomic mass is 16.4. The van der Waals surface area contributed by atoms with E-state index in [-0.39, 0.29) is 18.3 Å². The maximum Gasteiger partial charge on any atom is 0.238 e. The van der Waals surface area contributed by atoms with E-state index in [2.05, 4.69) is 0 Å². The van der Waals surface area contributed by atoms with Crippen LogP contribution in [0.15, 0.2) is 33.6 Å². The number of aliphatic hydroxyl groups is 3. The van der Waals surface area contributed by atoms with Crippen molar-refractivity contribution in [3.8, 4) is 5.75 Å². The fraction of sp³-hybridized carbons (Fsp3) is 0. The van der Waals surface area contributed by atoms with E-state index < -0.39 is 34.0 Å². The van der Waals surface area contributed by atoms with E-state index in [1.54, 1.807) is 0 Å². The maximum atomic E-state index is 11.7. The van der Waals surface area contributed by atoms with Crippen LogP contribution in [0.5, 0.6) is 5.75 Å². The summed E-state index contributed by atoms with van der Waals surface area (Å²) in [5, 5.41) is 35.6. The predicted molar refractivity (Wildman–Crippen MR) is 71.1 cm³/mol. The lowest BCUT2D eigenvalue weighted by Crippen LogP contribution is -2.11. The Morgan fingerprint density at radius 1 is 1.14 bits per heavy atom. The van der Waals surface area contributed by atoms with Crippen LogP contribution in [-0.2, 0) is 4.79 Å². The molecule has 0 aromatic carbocycles. The minimum absolute atomic E-state index is 0.139. The molecule has 0 saturated heterocycles. The van der Waals surface area contributed by atoms with E-state index in [1.807, 2.05) is 0 Å². The number of rotatable bonds is 5. The van der Waals surface area contributed by atoms with Crippen LogP contribution in [0.2, 0.25) is 0 Å². The second kappa shape index (κ2) is 6.75. The van der Waals surface area contributed by atoms with Gasteiger partial charge in [0.1, 0.15) is 17.6 Å². The number of ketones is 1. The molecule has 110 valence electrons. The van der Waals surface area contributed by atoms with Gasteiger partial charge in [-0.25, -0.2) is 0 Å². The van der Waals surface area contributed by atoms with Crippen molar-refractivity contribution >= 4 is 24.2 Å². The monoisotopic (exact) mass is 294 g/mol. The van der Waals surface area contributed by atoms with Crippen LogP contribution in [0.25, 0.3) is 12.2 Å². The van der Waals surface area contributed by atoms with Crippen molar-refractivity contribution in [2.75, 3.05) is 0 Å². The predicted octanol–water partition coefficient (Wildman–Crippen LogP) is 1.23. The number of carbonyl (C=O) groups is 2. The molecule has 0 fully saturated rings. The number of allylic oxidation sites excluding steroid dienone is 1.